The van der Waals surface area contributed by atoms with Crippen molar-refractivity contribution in [1.29, 1.82) is 0 Å². The minimum Gasteiger partial charge on any atom is -0.288 e. The van der Waals surface area contributed by atoms with Gasteiger partial charge in [-0.3, -0.25) is 4.79 Å². The Morgan fingerprint density at radius 3 is 2.44 bits per heavy atom. The van der Waals surface area contributed by atoms with Crippen molar-refractivity contribution >= 4 is 77.9 Å². The van der Waals surface area contributed by atoms with E-state index in [1.165, 1.54) is 23.5 Å². The second-order valence-electron chi connectivity index (χ2n) is 5.10. The average molecular weight is 506 g/mol. The Morgan fingerprint density at radius 2 is 1.84 bits per heavy atom. The summed E-state index contributed by atoms with van der Waals surface area (Å²) in [5.74, 6) is -0.565. The van der Waals surface area contributed by atoms with Gasteiger partial charge >= 0.3 is 0 Å². The van der Waals surface area contributed by atoms with Gasteiger partial charge in [0.25, 0.3) is 3.79 Å². The topological polar surface area (TPSA) is 63.2 Å². The summed E-state index contributed by atoms with van der Waals surface area (Å²) in [4.78, 5) is 12.4. The van der Waals surface area contributed by atoms with Crippen molar-refractivity contribution in [3.63, 3.8) is 0 Å². The van der Waals surface area contributed by atoms with Gasteiger partial charge in [-0.25, -0.2) is 13.1 Å². The van der Waals surface area contributed by atoms with Gasteiger partial charge in [-0.2, -0.15) is 0 Å². The van der Waals surface area contributed by atoms with Gasteiger partial charge in [0.1, 0.15) is 0 Å². The fourth-order valence-electron chi connectivity index (χ4n) is 1.96. The molecular weight excluding hydrogens is 493 g/mol. The summed E-state index contributed by atoms with van der Waals surface area (Å²) >= 11 is 21.2. The van der Waals surface area contributed by atoms with E-state index in [-0.39, 0.29) is 11.4 Å². The van der Waals surface area contributed by atoms with Crippen LogP contribution >= 0.6 is 62.1 Å². The number of benzene rings is 1. The molecule has 0 aliphatic rings. The van der Waals surface area contributed by atoms with E-state index in [0.29, 0.717) is 17.7 Å². The summed E-state index contributed by atoms with van der Waals surface area (Å²) in [6, 6.07) is 8.06. The van der Waals surface area contributed by atoms with Crippen LogP contribution in [-0.2, 0) is 16.4 Å². The maximum absolute atomic E-state index is 12.1. The first-order valence-electron chi connectivity index (χ1n) is 7.04. The zero-order valence-corrected chi connectivity index (χ0v) is 18.1. The molecule has 10 heteroatoms. The molecule has 25 heavy (non-hydrogen) atoms. The molecule has 2 rings (SSSR count). The van der Waals surface area contributed by atoms with Gasteiger partial charge < -0.3 is 0 Å². The standard InChI is InChI=1S/C15H13BrCl3NO3S2/c16-11-3-5-12(6-4-11)25(22,23)20-7-1-2-10-8-13(24-9-10)14(21)15(17,18)19/h3-6,8-9,20H,1-2,7H2. The number of sulfonamides is 1. The van der Waals surface area contributed by atoms with E-state index < -0.39 is 19.6 Å². The molecule has 1 N–H and O–H groups in total. The third-order valence-electron chi connectivity index (χ3n) is 3.19. The highest BCUT2D eigenvalue weighted by Crippen LogP contribution is 2.32. The quantitative estimate of drug-likeness (QED) is 0.328. The Kier molecular flexibility index (Phi) is 7.35. The SMILES string of the molecule is O=C(c1cc(CCCNS(=O)(=O)c2ccc(Br)cc2)cs1)C(Cl)(Cl)Cl. The smallest absolute Gasteiger partial charge is 0.254 e. The summed E-state index contributed by atoms with van der Waals surface area (Å²) in [5, 5.41) is 1.80. The summed E-state index contributed by atoms with van der Waals surface area (Å²) < 4.78 is 25.7. The van der Waals surface area contributed by atoms with Gasteiger partial charge in [-0.05, 0) is 54.1 Å². The molecule has 0 fully saturated rings. The molecule has 0 aliphatic heterocycles. The Bertz CT molecular complexity index is 846. The number of aryl methyl sites for hydroxylation is 1. The van der Waals surface area contributed by atoms with Crippen LogP contribution in [0.3, 0.4) is 0 Å². The molecular formula is C15H13BrCl3NO3S2. The number of alkyl halides is 3. The zero-order valence-electron chi connectivity index (χ0n) is 12.6. The van der Waals surface area contributed by atoms with Crippen LogP contribution in [0.1, 0.15) is 21.7 Å². The lowest BCUT2D eigenvalue weighted by Gasteiger charge is -2.07. The minimum atomic E-state index is -3.53. The molecule has 1 heterocycles. The monoisotopic (exact) mass is 503 g/mol. The van der Waals surface area contributed by atoms with Crippen molar-refractivity contribution in [2.75, 3.05) is 6.54 Å². The highest BCUT2D eigenvalue weighted by molar-refractivity contribution is 9.10. The Morgan fingerprint density at radius 1 is 1.20 bits per heavy atom. The Hall–Kier alpha value is -0.150. The van der Waals surface area contributed by atoms with Gasteiger partial charge in [0.05, 0.1) is 9.77 Å². The van der Waals surface area contributed by atoms with Gasteiger partial charge in [-0.1, -0.05) is 50.7 Å². The van der Waals surface area contributed by atoms with E-state index in [9.17, 15) is 13.2 Å². The first kappa shape index (κ1) is 21.2. The van der Waals surface area contributed by atoms with Crippen LogP contribution < -0.4 is 4.72 Å². The van der Waals surface area contributed by atoms with E-state index in [0.717, 1.165) is 10.0 Å². The number of hydrogen-bond donors (Lipinski definition) is 1. The molecule has 0 saturated carbocycles. The van der Waals surface area contributed by atoms with Gasteiger partial charge in [0, 0.05) is 11.0 Å². The first-order valence-corrected chi connectivity index (χ1v) is 11.3. The molecule has 2 aromatic rings. The lowest BCUT2D eigenvalue weighted by molar-refractivity contribution is 0.1000. The van der Waals surface area contributed by atoms with Crippen LogP contribution in [0.15, 0.2) is 45.1 Å². The Balaban J connectivity index is 1.86. The fraction of sp³-hybridized carbons (Fsp3) is 0.267. The van der Waals surface area contributed by atoms with E-state index in [2.05, 4.69) is 20.7 Å². The van der Waals surface area contributed by atoms with Crippen molar-refractivity contribution in [1.82, 2.24) is 4.72 Å². The minimum absolute atomic E-state index is 0.210. The number of ketones is 1. The molecule has 0 atom stereocenters. The molecule has 4 nitrogen and oxygen atoms in total. The number of thiophene rings is 1. The summed E-state index contributed by atoms with van der Waals surface area (Å²) in [7, 11) is -3.53. The van der Waals surface area contributed by atoms with E-state index in [1.54, 1.807) is 23.6 Å². The maximum Gasteiger partial charge on any atom is 0.254 e. The second kappa shape index (κ2) is 8.69. The molecule has 0 radical (unpaired) electrons. The molecule has 0 aliphatic carbocycles. The van der Waals surface area contributed by atoms with E-state index in [1.807, 2.05) is 0 Å². The average Bonchev–Trinajstić information content (AvgIpc) is 2.99. The first-order chi connectivity index (χ1) is 11.6. The molecule has 0 spiro atoms. The number of Topliss-reactive ketones (excluding diaryl/α,β-unsaturated/α-hetero) is 1. The maximum atomic E-state index is 12.1. The van der Waals surface area contributed by atoms with Crippen LogP contribution in [0.4, 0.5) is 0 Å². The summed E-state index contributed by atoms with van der Waals surface area (Å²) in [6.07, 6.45) is 1.18. The summed E-state index contributed by atoms with van der Waals surface area (Å²) in [5.41, 5.74) is 0.894. The molecule has 0 bridgehead atoms. The van der Waals surface area contributed by atoms with E-state index in [4.69, 9.17) is 34.8 Å². The number of hydrogen-bond acceptors (Lipinski definition) is 4. The molecule has 0 saturated heterocycles. The van der Waals surface area contributed by atoms with Gasteiger partial charge in [-0.15, -0.1) is 11.3 Å². The number of rotatable bonds is 7. The number of carbonyl (C=O) groups is 1. The molecule has 1 aromatic heterocycles. The largest absolute Gasteiger partial charge is 0.288 e. The normalized spacial score (nSPS) is 12.3. The van der Waals surface area contributed by atoms with Crippen LogP contribution in [0.5, 0.6) is 0 Å². The van der Waals surface area contributed by atoms with Crippen molar-refractivity contribution in [2.24, 2.45) is 0 Å². The van der Waals surface area contributed by atoms with Crippen LogP contribution in [0, 0.1) is 0 Å². The van der Waals surface area contributed by atoms with Crippen molar-refractivity contribution in [3.05, 3.63) is 50.6 Å². The molecule has 0 amide bonds. The Labute approximate surface area is 173 Å². The lowest BCUT2D eigenvalue weighted by atomic mass is 10.2. The van der Waals surface area contributed by atoms with Crippen molar-refractivity contribution < 1.29 is 13.2 Å². The number of carbonyl (C=O) groups excluding carboxylic acids is 1. The predicted octanol–water partition coefficient (Wildman–Crippen LogP) is 4.97. The summed E-state index contributed by atoms with van der Waals surface area (Å²) in [6.45, 7) is 0.280. The van der Waals surface area contributed by atoms with E-state index >= 15 is 0 Å². The van der Waals surface area contributed by atoms with Crippen LogP contribution in [0.25, 0.3) is 0 Å². The molecule has 0 unspecified atom stereocenters. The fourth-order valence-corrected chi connectivity index (χ4v) is 4.72. The number of halogens is 4. The highest BCUT2D eigenvalue weighted by Gasteiger charge is 2.32. The lowest BCUT2D eigenvalue weighted by Crippen LogP contribution is -2.25. The van der Waals surface area contributed by atoms with Crippen LogP contribution in [0.2, 0.25) is 0 Å². The molecule has 1 aromatic carbocycles. The predicted molar refractivity (Wildman–Crippen MR) is 107 cm³/mol. The molecule has 136 valence electrons. The zero-order chi connectivity index (χ0) is 18.7. The highest BCUT2D eigenvalue weighted by atomic mass is 79.9. The van der Waals surface area contributed by atoms with Gasteiger partial charge in [0.2, 0.25) is 15.8 Å². The third-order valence-corrected chi connectivity index (χ3v) is 6.69. The second-order valence-corrected chi connectivity index (χ2v) is 11.0. The third kappa shape index (κ3) is 6.20. The van der Waals surface area contributed by atoms with Crippen molar-refractivity contribution in [3.8, 4) is 0 Å². The van der Waals surface area contributed by atoms with Gasteiger partial charge in [0.15, 0.2) is 0 Å². The number of nitrogens with one attached hydrogen (secondary N) is 1. The van der Waals surface area contributed by atoms with Crippen molar-refractivity contribution in [2.45, 2.75) is 21.5 Å². The van der Waals surface area contributed by atoms with Crippen LogP contribution in [-0.4, -0.2) is 24.5 Å².